The van der Waals surface area contributed by atoms with Crippen molar-refractivity contribution in [1.29, 1.82) is 0 Å². The Labute approximate surface area is 134 Å². The van der Waals surface area contributed by atoms with Crippen molar-refractivity contribution < 1.29 is 19.5 Å². The molecule has 0 spiro atoms. The van der Waals surface area contributed by atoms with Crippen LogP contribution in [0.2, 0.25) is 0 Å². The largest absolute Gasteiger partial charge is 0.480 e. The van der Waals surface area contributed by atoms with Crippen LogP contribution in [0.15, 0.2) is 6.20 Å². The van der Waals surface area contributed by atoms with Gasteiger partial charge in [-0.05, 0) is 25.4 Å². The molecule has 1 aromatic rings. The molecule has 8 nitrogen and oxygen atoms in total. The summed E-state index contributed by atoms with van der Waals surface area (Å²) >= 11 is 2.53. The van der Waals surface area contributed by atoms with Crippen LogP contribution in [0.3, 0.4) is 0 Å². The van der Waals surface area contributed by atoms with Crippen LogP contribution in [-0.4, -0.2) is 59.6 Å². The third-order valence-electron chi connectivity index (χ3n) is 3.73. The Morgan fingerprint density at radius 2 is 2.23 bits per heavy atom. The van der Waals surface area contributed by atoms with E-state index in [0.717, 1.165) is 11.5 Å². The maximum atomic E-state index is 12.2. The SMILES string of the molecule is CC1(C)S[C@@H]2[C@H](NC(=O)Cc3cnns3)C(=O)N2[C@H]1C(=O)O. The van der Waals surface area contributed by atoms with Crippen molar-refractivity contribution in [3.63, 3.8) is 0 Å². The Morgan fingerprint density at radius 1 is 1.50 bits per heavy atom. The number of hydrogen-bond donors (Lipinski definition) is 2. The number of fused-ring (bicyclic) bond motifs is 1. The molecule has 2 saturated heterocycles. The number of carboxylic acids is 1. The molecular weight excluding hydrogens is 328 g/mol. The van der Waals surface area contributed by atoms with Gasteiger partial charge in [0.05, 0.1) is 17.5 Å². The van der Waals surface area contributed by atoms with Crippen molar-refractivity contribution in [2.45, 2.75) is 42.5 Å². The number of hydrogen-bond acceptors (Lipinski definition) is 7. The summed E-state index contributed by atoms with van der Waals surface area (Å²) in [6, 6.07) is -1.53. The standard InChI is InChI=1S/C12H14N4O4S2/c1-12(2)8(11(19)20)16-9(18)7(10(16)21-12)14-6(17)3-5-4-13-15-22-5/h4,7-8,10H,3H2,1-2H3,(H,14,17)(H,19,20)/t7-,8+,10-/m1/s1. The minimum absolute atomic E-state index is 0.116. The van der Waals surface area contributed by atoms with Crippen LogP contribution in [0.1, 0.15) is 18.7 Å². The average molecular weight is 342 g/mol. The predicted molar refractivity (Wildman–Crippen MR) is 79.3 cm³/mol. The minimum Gasteiger partial charge on any atom is -0.480 e. The molecule has 0 unspecified atom stereocenters. The van der Waals surface area contributed by atoms with Gasteiger partial charge in [0.25, 0.3) is 0 Å². The fourth-order valence-electron chi connectivity index (χ4n) is 2.79. The van der Waals surface area contributed by atoms with E-state index in [4.69, 9.17) is 0 Å². The smallest absolute Gasteiger partial charge is 0.327 e. The molecule has 0 saturated carbocycles. The molecule has 2 aliphatic heterocycles. The van der Waals surface area contributed by atoms with Crippen LogP contribution in [0.25, 0.3) is 0 Å². The molecule has 0 bridgehead atoms. The van der Waals surface area contributed by atoms with Crippen LogP contribution in [0.5, 0.6) is 0 Å². The van der Waals surface area contributed by atoms with E-state index < -0.39 is 22.8 Å². The topological polar surface area (TPSA) is 112 Å². The van der Waals surface area contributed by atoms with E-state index in [9.17, 15) is 19.5 Å². The molecule has 22 heavy (non-hydrogen) atoms. The fourth-order valence-corrected chi connectivity index (χ4v) is 4.91. The highest BCUT2D eigenvalue weighted by atomic mass is 32.2. The number of rotatable bonds is 4. The molecule has 1 aromatic heterocycles. The molecule has 2 amide bonds. The number of carboxylic acid groups (broad SMARTS) is 1. The number of nitrogens with one attached hydrogen (secondary N) is 1. The molecule has 3 heterocycles. The van der Waals surface area contributed by atoms with E-state index in [0.29, 0.717) is 4.88 Å². The van der Waals surface area contributed by atoms with Crippen LogP contribution >= 0.6 is 23.3 Å². The number of carbonyl (C=O) groups excluding carboxylic acids is 2. The lowest BCUT2D eigenvalue weighted by Gasteiger charge is -2.43. The number of aliphatic carboxylic acids is 1. The summed E-state index contributed by atoms with van der Waals surface area (Å²) < 4.78 is 3.08. The summed E-state index contributed by atoms with van der Waals surface area (Å²) in [7, 11) is 0. The Hall–Kier alpha value is -1.68. The Kier molecular flexibility index (Phi) is 3.60. The quantitative estimate of drug-likeness (QED) is 0.723. The Bertz CT molecular complexity index is 633. The van der Waals surface area contributed by atoms with Crippen molar-refractivity contribution in [2.24, 2.45) is 0 Å². The number of β-lactam (4-membered cyclic amide) rings is 1. The molecule has 2 N–H and O–H groups in total. The first-order valence-corrected chi connectivity index (χ1v) is 8.25. The average Bonchev–Trinajstić information content (AvgIpc) is 3.00. The predicted octanol–water partition coefficient (Wildman–Crippen LogP) is -0.288. The van der Waals surface area contributed by atoms with E-state index in [1.54, 1.807) is 13.8 Å². The van der Waals surface area contributed by atoms with Crippen LogP contribution in [0, 0.1) is 0 Å². The van der Waals surface area contributed by atoms with Gasteiger partial charge in [-0.1, -0.05) is 4.49 Å². The monoisotopic (exact) mass is 342 g/mol. The molecule has 0 aliphatic carbocycles. The highest BCUT2D eigenvalue weighted by molar-refractivity contribution is 8.01. The summed E-state index contributed by atoms with van der Waals surface area (Å²) in [5, 5.41) is 15.3. The second kappa shape index (κ2) is 5.20. The molecular formula is C12H14N4O4S2. The second-order valence-electron chi connectivity index (χ2n) is 5.70. The highest BCUT2D eigenvalue weighted by Gasteiger charge is 2.64. The Balaban J connectivity index is 1.67. The zero-order valence-corrected chi connectivity index (χ0v) is 13.5. The summed E-state index contributed by atoms with van der Waals surface area (Å²) in [5.74, 6) is -1.65. The first-order valence-electron chi connectivity index (χ1n) is 6.59. The number of carbonyl (C=O) groups is 3. The minimum atomic E-state index is -1.02. The molecule has 0 radical (unpaired) electrons. The molecule has 3 rings (SSSR count). The summed E-state index contributed by atoms with van der Waals surface area (Å²) in [6.07, 6.45) is 1.62. The number of aromatic nitrogens is 2. The third-order valence-corrected chi connectivity index (χ3v) is 5.96. The fraction of sp³-hybridized carbons (Fsp3) is 0.583. The molecule has 0 aromatic carbocycles. The maximum absolute atomic E-state index is 12.2. The van der Waals surface area contributed by atoms with E-state index in [1.807, 2.05) is 0 Å². The highest BCUT2D eigenvalue weighted by Crippen LogP contribution is 2.50. The van der Waals surface area contributed by atoms with E-state index in [1.165, 1.54) is 22.9 Å². The van der Waals surface area contributed by atoms with E-state index >= 15 is 0 Å². The summed E-state index contributed by atoms with van der Waals surface area (Å²) in [4.78, 5) is 37.6. The molecule has 118 valence electrons. The normalized spacial score (nSPS) is 28.9. The molecule has 2 aliphatic rings. The van der Waals surface area contributed by atoms with Gasteiger partial charge >= 0.3 is 5.97 Å². The van der Waals surface area contributed by atoms with Crippen LogP contribution in [-0.2, 0) is 20.8 Å². The van der Waals surface area contributed by atoms with Gasteiger partial charge in [-0.25, -0.2) is 4.79 Å². The van der Waals surface area contributed by atoms with Gasteiger partial charge in [0.1, 0.15) is 17.5 Å². The number of nitrogens with zero attached hydrogens (tertiary/aromatic N) is 3. The first-order chi connectivity index (χ1) is 10.3. The van der Waals surface area contributed by atoms with Crippen molar-refractivity contribution in [3.8, 4) is 0 Å². The lowest BCUT2D eigenvalue weighted by Crippen LogP contribution is -2.70. The maximum Gasteiger partial charge on any atom is 0.327 e. The third kappa shape index (κ3) is 2.35. The van der Waals surface area contributed by atoms with E-state index in [-0.39, 0.29) is 23.6 Å². The zero-order chi connectivity index (χ0) is 16.1. The second-order valence-corrected chi connectivity index (χ2v) is 8.35. The summed E-state index contributed by atoms with van der Waals surface area (Å²) in [5.41, 5.74) is 0. The van der Waals surface area contributed by atoms with Gasteiger partial charge in [-0.2, -0.15) is 0 Å². The van der Waals surface area contributed by atoms with Crippen molar-refractivity contribution >= 4 is 41.1 Å². The van der Waals surface area contributed by atoms with Crippen LogP contribution in [0.4, 0.5) is 0 Å². The van der Waals surface area contributed by atoms with Crippen molar-refractivity contribution in [1.82, 2.24) is 19.8 Å². The zero-order valence-electron chi connectivity index (χ0n) is 11.8. The van der Waals surface area contributed by atoms with E-state index in [2.05, 4.69) is 14.9 Å². The van der Waals surface area contributed by atoms with Crippen LogP contribution < -0.4 is 5.32 Å². The van der Waals surface area contributed by atoms with Crippen molar-refractivity contribution in [3.05, 3.63) is 11.1 Å². The molecule has 2 fully saturated rings. The van der Waals surface area contributed by atoms with Gasteiger partial charge in [-0.3, -0.25) is 9.59 Å². The number of thioether (sulfide) groups is 1. The summed E-state index contributed by atoms with van der Waals surface area (Å²) in [6.45, 7) is 3.59. The molecule has 3 atom stereocenters. The van der Waals surface area contributed by atoms with Gasteiger partial charge in [0.15, 0.2) is 0 Å². The van der Waals surface area contributed by atoms with Gasteiger partial charge in [-0.15, -0.1) is 16.9 Å². The van der Waals surface area contributed by atoms with Gasteiger partial charge in [0.2, 0.25) is 11.8 Å². The van der Waals surface area contributed by atoms with Crippen molar-refractivity contribution in [2.75, 3.05) is 0 Å². The first kappa shape index (κ1) is 15.2. The lowest BCUT2D eigenvalue weighted by molar-refractivity contribution is -0.161. The number of amides is 2. The lowest BCUT2D eigenvalue weighted by atomic mass is 9.96. The molecule has 10 heteroatoms. The Morgan fingerprint density at radius 3 is 2.82 bits per heavy atom. The van der Waals surface area contributed by atoms with Gasteiger partial charge in [0, 0.05) is 4.75 Å². The van der Waals surface area contributed by atoms with Gasteiger partial charge < -0.3 is 15.3 Å².